The predicted octanol–water partition coefficient (Wildman–Crippen LogP) is 1.40. The quantitative estimate of drug-likeness (QED) is 0.685. The molecule has 1 atom stereocenters. The summed E-state index contributed by atoms with van der Waals surface area (Å²) in [6, 6.07) is 9.07. The van der Waals surface area contributed by atoms with E-state index in [2.05, 4.69) is 0 Å². The minimum absolute atomic E-state index is 0.449. The standard InChI is InChI=1S/C12H17NO3/c13-11(12(14)15)7-4-8-16-9-10-5-2-1-3-6-10/h1-3,5-6,11H,4,7-9,13H2,(H,14,15)/t11-/m0/s1. The Balaban J connectivity index is 2.07. The van der Waals surface area contributed by atoms with E-state index >= 15 is 0 Å². The zero-order chi connectivity index (χ0) is 11.8. The summed E-state index contributed by atoms with van der Waals surface area (Å²) in [7, 11) is 0. The summed E-state index contributed by atoms with van der Waals surface area (Å²) in [5.41, 5.74) is 6.47. The van der Waals surface area contributed by atoms with Crippen LogP contribution >= 0.6 is 0 Å². The van der Waals surface area contributed by atoms with Gasteiger partial charge in [0.25, 0.3) is 0 Å². The summed E-state index contributed by atoms with van der Waals surface area (Å²) < 4.78 is 5.40. The first-order valence-corrected chi connectivity index (χ1v) is 5.30. The Morgan fingerprint density at radius 3 is 2.69 bits per heavy atom. The van der Waals surface area contributed by atoms with Crippen molar-refractivity contribution in [2.45, 2.75) is 25.5 Å². The highest BCUT2D eigenvalue weighted by atomic mass is 16.5. The molecule has 0 aliphatic rings. The molecule has 0 bridgehead atoms. The van der Waals surface area contributed by atoms with Crippen LogP contribution < -0.4 is 5.73 Å². The molecule has 0 unspecified atom stereocenters. The molecule has 0 saturated heterocycles. The molecule has 16 heavy (non-hydrogen) atoms. The number of benzene rings is 1. The van der Waals surface area contributed by atoms with Crippen molar-refractivity contribution in [3.05, 3.63) is 35.9 Å². The molecule has 1 rings (SSSR count). The number of hydrogen-bond donors (Lipinski definition) is 2. The number of ether oxygens (including phenoxy) is 1. The molecule has 0 heterocycles. The van der Waals surface area contributed by atoms with Gasteiger partial charge < -0.3 is 15.6 Å². The van der Waals surface area contributed by atoms with Crippen molar-refractivity contribution < 1.29 is 14.6 Å². The molecule has 1 aromatic rings. The molecule has 0 amide bonds. The number of carbonyl (C=O) groups is 1. The highest BCUT2D eigenvalue weighted by Crippen LogP contribution is 2.02. The third-order valence-electron chi connectivity index (χ3n) is 2.23. The van der Waals surface area contributed by atoms with Crippen molar-refractivity contribution in [1.82, 2.24) is 0 Å². The van der Waals surface area contributed by atoms with Gasteiger partial charge in [0.05, 0.1) is 6.61 Å². The van der Waals surface area contributed by atoms with Crippen LogP contribution in [0.2, 0.25) is 0 Å². The minimum atomic E-state index is -0.956. The van der Waals surface area contributed by atoms with E-state index in [1.807, 2.05) is 30.3 Å². The zero-order valence-electron chi connectivity index (χ0n) is 9.13. The van der Waals surface area contributed by atoms with Crippen LogP contribution in [0.4, 0.5) is 0 Å². The Hall–Kier alpha value is -1.39. The molecule has 0 aliphatic carbocycles. The van der Waals surface area contributed by atoms with Crippen molar-refractivity contribution in [2.24, 2.45) is 5.73 Å². The Morgan fingerprint density at radius 2 is 2.06 bits per heavy atom. The molecule has 0 radical (unpaired) electrons. The van der Waals surface area contributed by atoms with Crippen LogP contribution in [0.5, 0.6) is 0 Å². The summed E-state index contributed by atoms with van der Waals surface area (Å²) in [6.07, 6.45) is 1.12. The molecule has 1 aromatic carbocycles. The molecule has 0 aromatic heterocycles. The number of nitrogens with two attached hydrogens (primary N) is 1. The van der Waals surface area contributed by atoms with Crippen LogP contribution in [0.3, 0.4) is 0 Å². The van der Waals surface area contributed by atoms with E-state index < -0.39 is 12.0 Å². The molecule has 0 spiro atoms. The Labute approximate surface area is 95.0 Å². The van der Waals surface area contributed by atoms with Crippen molar-refractivity contribution in [2.75, 3.05) is 6.61 Å². The van der Waals surface area contributed by atoms with E-state index in [-0.39, 0.29) is 0 Å². The number of carboxylic acids is 1. The molecular formula is C12H17NO3. The minimum Gasteiger partial charge on any atom is -0.480 e. The summed E-state index contributed by atoms with van der Waals surface area (Å²) in [5, 5.41) is 8.55. The van der Waals surface area contributed by atoms with E-state index in [0.29, 0.717) is 26.1 Å². The largest absolute Gasteiger partial charge is 0.480 e. The highest BCUT2D eigenvalue weighted by Gasteiger charge is 2.09. The number of hydrogen-bond acceptors (Lipinski definition) is 3. The Morgan fingerprint density at radius 1 is 1.38 bits per heavy atom. The summed E-state index contributed by atoms with van der Waals surface area (Å²) >= 11 is 0. The maximum atomic E-state index is 10.4. The molecule has 3 N–H and O–H groups in total. The molecule has 0 fully saturated rings. The first-order chi connectivity index (χ1) is 7.70. The van der Waals surface area contributed by atoms with Crippen molar-refractivity contribution in [3.8, 4) is 0 Å². The van der Waals surface area contributed by atoms with Crippen molar-refractivity contribution in [3.63, 3.8) is 0 Å². The number of carboxylic acid groups (broad SMARTS) is 1. The predicted molar refractivity (Wildman–Crippen MR) is 60.9 cm³/mol. The fourth-order valence-corrected chi connectivity index (χ4v) is 1.29. The van der Waals surface area contributed by atoms with Crippen LogP contribution in [0.15, 0.2) is 30.3 Å². The lowest BCUT2D eigenvalue weighted by Gasteiger charge is -2.06. The van der Waals surface area contributed by atoms with Gasteiger partial charge in [-0.2, -0.15) is 0 Å². The monoisotopic (exact) mass is 223 g/mol. The fraction of sp³-hybridized carbons (Fsp3) is 0.417. The normalized spacial score (nSPS) is 12.3. The Kier molecular flexibility index (Phi) is 5.53. The van der Waals surface area contributed by atoms with Crippen LogP contribution in [-0.2, 0) is 16.1 Å². The molecule has 4 heteroatoms. The highest BCUT2D eigenvalue weighted by molar-refractivity contribution is 5.72. The van der Waals surface area contributed by atoms with Crippen LogP contribution in [0, 0.1) is 0 Å². The van der Waals surface area contributed by atoms with Gasteiger partial charge in [0.15, 0.2) is 0 Å². The van der Waals surface area contributed by atoms with E-state index in [1.165, 1.54) is 0 Å². The van der Waals surface area contributed by atoms with Gasteiger partial charge in [0.2, 0.25) is 0 Å². The van der Waals surface area contributed by atoms with Gasteiger partial charge in [0, 0.05) is 6.61 Å². The van der Waals surface area contributed by atoms with Crippen LogP contribution in [0.1, 0.15) is 18.4 Å². The maximum Gasteiger partial charge on any atom is 0.320 e. The molecular weight excluding hydrogens is 206 g/mol. The van der Waals surface area contributed by atoms with Gasteiger partial charge >= 0.3 is 5.97 Å². The second-order valence-corrected chi connectivity index (χ2v) is 3.63. The Bertz CT molecular complexity index is 313. The molecule has 88 valence electrons. The smallest absolute Gasteiger partial charge is 0.320 e. The maximum absolute atomic E-state index is 10.4. The van der Waals surface area contributed by atoms with E-state index in [0.717, 1.165) is 5.56 Å². The number of rotatable bonds is 7. The number of aliphatic carboxylic acids is 1. The lowest BCUT2D eigenvalue weighted by Crippen LogP contribution is -2.30. The fourth-order valence-electron chi connectivity index (χ4n) is 1.29. The van der Waals surface area contributed by atoms with Crippen LogP contribution in [0.25, 0.3) is 0 Å². The van der Waals surface area contributed by atoms with Gasteiger partial charge in [0.1, 0.15) is 6.04 Å². The molecule has 0 saturated carbocycles. The first kappa shape index (κ1) is 12.7. The second kappa shape index (κ2) is 6.98. The first-order valence-electron chi connectivity index (χ1n) is 5.30. The molecule has 0 aliphatic heterocycles. The van der Waals surface area contributed by atoms with Crippen molar-refractivity contribution in [1.29, 1.82) is 0 Å². The molecule has 4 nitrogen and oxygen atoms in total. The van der Waals surface area contributed by atoms with E-state index in [4.69, 9.17) is 15.6 Å². The lowest BCUT2D eigenvalue weighted by atomic mass is 10.2. The second-order valence-electron chi connectivity index (χ2n) is 3.63. The topological polar surface area (TPSA) is 72.5 Å². The summed E-state index contributed by atoms with van der Waals surface area (Å²) in [5.74, 6) is -0.956. The van der Waals surface area contributed by atoms with Gasteiger partial charge in [-0.25, -0.2) is 0 Å². The SMILES string of the molecule is N[C@@H](CCCOCc1ccccc1)C(=O)O. The van der Waals surface area contributed by atoms with Crippen LogP contribution in [-0.4, -0.2) is 23.7 Å². The van der Waals surface area contributed by atoms with Gasteiger partial charge in [-0.05, 0) is 18.4 Å². The zero-order valence-corrected chi connectivity index (χ0v) is 9.13. The van der Waals surface area contributed by atoms with Crippen molar-refractivity contribution >= 4 is 5.97 Å². The van der Waals surface area contributed by atoms with Gasteiger partial charge in [-0.3, -0.25) is 4.79 Å². The lowest BCUT2D eigenvalue weighted by molar-refractivity contribution is -0.138. The van der Waals surface area contributed by atoms with E-state index in [9.17, 15) is 4.79 Å². The van der Waals surface area contributed by atoms with Gasteiger partial charge in [-0.1, -0.05) is 30.3 Å². The summed E-state index contributed by atoms with van der Waals surface area (Å²) in [6.45, 7) is 1.10. The summed E-state index contributed by atoms with van der Waals surface area (Å²) in [4.78, 5) is 10.4. The van der Waals surface area contributed by atoms with E-state index in [1.54, 1.807) is 0 Å². The third kappa shape index (κ3) is 4.91. The van der Waals surface area contributed by atoms with Gasteiger partial charge in [-0.15, -0.1) is 0 Å². The third-order valence-corrected chi connectivity index (χ3v) is 2.23. The average molecular weight is 223 g/mol. The average Bonchev–Trinajstić information content (AvgIpc) is 2.29.